The normalized spacial score (nSPS) is 32.3. The van der Waals surface area contributed by atoms with Crippen molar-refractivity contribution < 1.29 is 43.2 Å². The van der Waals surface area contributed by atoms with Crippen molar-refractivity contribution in [3.05, 3.63) is 46.5 Å². The first-order valence-electron chi connectivity index (χ1n) is 16.8. The number of esters is 1. The van der Waals surface area contributed by atoms with Crippen molar-refractivity contribution in [2.24, 2.45) is 17.3 Å². The fourth-order valence-corrected chi connectivity index (χ4v) is 7.55. The van der Waals surface area contributed by atoms with Gasteiger partial charge in [-0.3, -0.25) is 14.9 Å². The fraction of sp³-hybridized carbons (Fsp3) is 0.611. The van der Waals surface area contributed by atoms with Gasteiger partial charge in [-0.2, -0.15) is 12.6 Å². The first-order chi connectivity index (χ1) is 23.5. The first-order valence-corrected chi connectivity index (χ1v) is 17.8. The lowest BCUT2D eigenvalue weighted by molar-refractivity contribution is -0.163. The van der Waals surface area contributed by atoms with E-state index in [4.69, 9.17) is 30.5 Å². The van der Waals surface area contributed by atoms with Crippen LogP contribution in [0.4, 0.5) is 10.5 Å². The van der Waals surface area contributed by atoms with Crippen LogP contribution in [0.15, 0.2) is 35.9 Å². The minimum Gasteiger partial charge on any atom is -0.495 e. The van der Waals surface area contributed by atoms with E-state index in [0.29, 0.717) is 30.0 Å². The van der Waals surface area contributed by atoms with Crippen LogP contribution in [0, 0.1) is 17.3 Å². The molecule has 0 radical (unpaired) electrons. The minimum absolute atomic E-state index is 0.0311. The van der Waals surface area contributed by atoms with E-state index in [1.54, 1.807) is 32.2 Å². The Labute approximate surface area is 304 Å². The Morgan fingerprint density at radius 1 is 1.26 bits per heavy atom. The number of anilines is 1. The number of aliphatic hydroxyl groups is 1. The Kier molecular flexibility index (Phi) is 12.6. The van der Waals surface area contributed by atoms with E-state index in [1.165, 1.54) is 31.1 Å². The molecule has 1 saturated heterocycles. The Balaban J connectivity index is 1.78. The number of alkyl carbamates (subject to hydrolysis) is 1. The van der Waals surface area contributed by atoms with Gasteiger partial charge in [0.1, 0.15) is 35.1 Å². The van der Waals surface area contributed by atoms with Crippen molar-refractivity contribution in [1.29, 1.82) is 0 Å². The van der Waals surface area contributed by atoms with Gasteiger partial charge in [-0.05, 0) is 62.0 Å². The molecule has 1 aromatic carbocycles. The topological polar surface area (TPSA) is 144 Å². The summed E-state index contributed by atoms with van der Waals surface area (Å²) in [5.74, 6) is -1.00. The number of nitrogens with one attached hydrogen (secondary N) is 1. The fourth-order valence-electron chi connectivity index (χ4n) is 7.05. The lowest BCUT2D eigenvalue weighted by atomic mass is 9.83. The van der Waals surface area contributed by atoms with Crippen LogP contribution < -0.4 is 15.0 Å². The molecule has 1 aromatic rings. The molecular weight excluding hydrogens is 686 g/mol. The number of nitrogens with zero attached hydrogens (tertiary/aromatic N) is 2. The highest BCUT2D eigenvalue weighted by Gasteiger charge is 2.62. The molecule has 276 valence electrons. The molecule has 3 amide bonds. The SMILES string of the molecule is COc1cc2cc(c1Cl)N(C)C(=O)C[C@H](OC(=O)[C@H](C)N(C)C(=O)CCS)[C@]1(C)C[C@H]1[C@H](C)[C@@H]1C[C@@](O)(NC(=O)O1)[C@@H](OC)/C=C\C=C(/C)C2. The van der Waals surface area contributed by atoms with Gasteiger partial charge in [0.2, 0.25) is 11.8 Å². The molecule has 0 spiro atoms. The van der Waals surface area contributed by atoms with E-state index in [1.807, 2.05) is 32.9 Å². The number of hydrogen-bond acceptors (Lipinski definition) is 10. The van der Waals surface area contributed by atoms with E-state index in [2.05, 4.69) is 17.9 Å². The maximum absolute atomic E-state index is 14.1. The number of methoxy groups -OCH3 is 2. The zero-order valence-electron chi connectivity index (χ0n) is 30.0. The number of rotatable bonds is 7. The third kappa shape index (κ3) is 8.43. The van der Waals surface area contributed by atoms with E-state index < -0.39 is 47.6 Å². The van der Waals surface area contributed by atoms with Crippen LogP contribution in [0.3, 0.4) is 0 Å². The zero-order valence-corrected chi connectivity index (χ0v) is 31.7. The number of allylic oxidation sites excluding steroid dienone is 3. The summed E-state index contributed by atoms with van der Waals surface area (Å²) in [6, 6.07) is 2.71. The van der Waals surface area contributed by atoms with Gasteiger partial charge < -0.3 is 33.9 Å². The Morgan fingerprint density at radius 2 is 1.96 bits per heavy atom. The Morgan fingerprint density at radius 3 is 2.60 bits per heavy atom. The van der Waals surface area contributed by atoms with Crippen LogP contribution in [-0.2, 0) is 35.0 Å². The van der Waals surface area contributed by atoms with Crippen LogP contribution in [0.5, 0.6) is 5.75 Å². The maximum atomic E-state index is 14.1. The average molecular weight is 736 g/mol. The number of likely N-dealkylation sites (N-methyl/N-ethyl adjacent to an activating group) is 1. The highest BCUT2D eigenvalue weighted by molar-refractivity contribution is 7.80. The average Bonchev–Trinajstić information content (AvgIpc) is 3.76. The number of carbonyl (C=O) groups is 4. The van der Waals surface area contributed by atoms with Crippen LogP contribution in [0.25, 0.3) is 0 Å². The molecule has 0 unspecified atom stereocenters. The highest BCUT2D eigenvalue weighted by atomic mass is 35.5. The quantitative estimate of drug-likeness (QED) is 0.268. The zero-order chi connectivity index (χ0) is 37.1. The summed E-state index contributed by atoms with van der Waals surface area (Å²) < 4.78 is 23.1. The van der Waals surface area contributed by atoms with Gasteiger partial charge in [-0.25, -0.2) is 9.59 Å². The summed E-state index contributed by atoms with van der Waals surface area (Å²) in [5, 5.41) is 14.5. The van der Waals surface area contributed by atoms with Crippen LogP contribution >= 0.6 is 24.2 Å². The maximum Gasteiger partial charge on any atom is 0.409 e. The second kappa shape index (κ2) is 16.0. The molecular formula is C36H50ClN3O9S. The first kappa shape index (κ1) is 39.5. The molecule has 1 saturated carbocycles. The van der Waals surface area contributed by atoms with E-state index in [9.17, 15) is 24.3 Å². The molecule has 2 N–H and O–H groups in total. The summed E-state index contributed by atoms with van der Waals surface area (Å²) in [7, 11) is 6.10. The van der Waals surface area contributed by atoms with Gasteiger partial charge in [0, 0.05) is 39.5 Å². The predicted molar refractivity (Wildman–Crippen MR) is 192 cm³/mol. The number of carbonyl (C=O) groups excluding carboxylic acids is 4. The number of ether oxygens (including phenoxy) is 4. The number of thiol groups is 1. The van der Waals surface area contributed by atoms with E-state index in [-0.39, 0.29) is 47.9 Å². The van der Waals surface area contributed by atoms with Crippen molar-refractivity contribution in [2.75, 3.05) is 39.0 Å². The monoisotopic (exact) mass is 735 g/mol. The third-order valence-corrected chi connectivity index (χ3v) is 11.2. The second-order valence-corrected chi connectivity index (χ2v) is 14.8. The third-order valence-electron chi connectivity index (χ3n) is 10.6. The molecule has 4 bridgehead atoms. The van der Waals surface area contributed by atoms with Crippen molar-refractivity contribution in [2.45, 2.75) is 89.9 Å². The molecule has 12 nitrogen and oxygen atoms in total. The Hall–Kier alpha value is -3.26. The van der Waals surface area contributed by atoms with Gasteiger partial charge in [-0.15, -0.1) is 0 Å². The van der Waals surface area contributed by atoms with Gasteiger partial charge in [0.25, 0.3) is 0 Å². The second-order valence-electron chi connectivity index (χ2n) is 14.0. The molecule has 1 aliphatic carbocycles. The molecule has 2 aliphatic heterocycles. The van der Waals surface area contributed by atoms with Gasteiger partial charge in [-0.1, -0.05) is 49.2 Å². The summed E-state index contributed by atoms with van der Waals surface area (Å²) >= 11 is 10.9. The van der Waals surface area contributed by atoms with Crippen LogP contribution in [0.2, 0.25) is 5.02 Å². The molecule has 3 aliphatic rings. The van der Waals surface area contributed by atoms with Gasteiger partial charge in [0.05, 0.1) is 19.2 Å². The molecule has 50 heavy (non-hydrogen) atoms. The van der Waals surface area contributed by atoms with Gasteiger partial charge in [0.15, 0.2) is 5.72 Å². The van der Waals surface area contributed by atoms with Crippen molar-refractivity contribution >= 4 is 53.8 Å². The summed E-state index contributed by atoms with van der Waals surface area (Å²) in [6.07, 6.45) is 3.06. The lowest BCUT2D eigenvalue weighted by Gasteiger charge is -2.42. The smallest absolute Gasteiger partial charge is 0.409 e. The number of fused-ring (bicyclic) bond motifs is 5. The summed E-state index contributed by atoms with van der Waals surface area (Å²) in [6.45, 7) is 7.37. The van der Waals surface area contributed by atoms with Crippen molar-refractivity contribution in [1.82, 2.24) is 10.2 Å². The molecule has 0 aromatic heterocycles. The molecule has 4 rings (SSSR count). The Bertz CT molecular complexity index is 1540. The van der Waals surface area contributed by atoms with Crippen molar-refractivity contribution in [3.8, 4) is 5.75 Å². The summed E-state index contributed by atoms with van der Waals surface area (Å²) in [5.41, 5.74) is -0.265. The highest BCUT2D eigenvalue weighted by Crippen LogP contribution is 2.61. The minimum atomic E-state index is -1.77. The van der Waals surface area contributed by atoms with Crippen LogP contribution in [0.1, 0.15) is 58.9 Å². The summed E-state index contributed by atoms with van der Waals surface area (Å²) in [4.78, 5) is 55.9. The largest absolute Gasteiger partial charge is 0.495 e. The molecule has 2 heterocycles. The van der Waals surface area contributed by atoms with Crippen LogP contribution in [-0.4, -0.2) is 98.0 Å². The molecule has 14 heteroatoms. The number of benzene rings is 1. The standard InChI is InChI=1S/C36H50ClN3O9S/c1-20-10-9-11-28(47-8)36(45)19-27(48-34(44)38-36)21(2)24-18-35(24,4)29(49-33(43)22(3)39(5)30(41)12-13-50)17-31(42)40(6)25-15-23(14-20)16-26(46-7)32(25)37/h9-11,15-16,21-22,24,27-29,45,50H,12-14,17-19H2,1-8H3,(H,38,44)/b11-9-,20-10+/t21-,22-,24-,27-,28-,29-,35+,36-/m0/s1. The van der Waals surface area contributed by atoms with E-state index in [0.717, 1.165) is 11.1 Å². The van der Waals surface area contributed by atoms with Gasteiger partial charge >= 0.3 is 12.1 Å². The number of halogens is 1. The number of hydrogen-bond donors (Lipinski definition) is 3. The van der Waals surface area contributed by atoms with E-state index >= 15 is 0 Å². The molecule has 8 atom stereocenters. The lowest BCUT2D eigenvalue weighted by Crippen LogP contribution is -2.63. The number of amides is 3. The predicted octanol–water partition coefficient (Wildman–Crippen LogP) is 4.70. The molecule has 2 fully saturated rings. The van der Waals surface area contributed by atoms with Crippen molar-refractivity contribution in [3.63, 3.8) is 0 Å².